The van der Waals surface area contributed by atoms with Gasteiger partial charge in [-0.2, -0.15) is 8.78 Å². The number of hydrogen-bond acceptors (Lipinski definition) is 3. The van der Waals surface area contributed by atoms with E-state index in [2.05, 4.69) is 5.32 Å². The topological polar surface area (TPSA) is 38.3 Å². The number of rotatable bonds is 7. The molecule has 3 aromatic rings. The van der Waals surface area contributed by atoms with Crippen LogP contribution in [-0.2, 0) is 9.53 Å². The molecule has 3 nitrogen and oxygen atoms in total. The average molecular weight is 381 g/mol. The fraction of sp³-hybridized carbons (Fsp3) is 0.174. The maximum atomic E-state index is 13.8. The Bertz CT molecular complexity index is 982. The van der Waals surface area contributed by atoms with Gasteiger partial charge in [-0.1, -0.05) is 54.6 Å². The number of fused-ring (bicyclic) bond motifs is 1. The van der Waals surface area contributed by atoms with Gasteiger partial charge in [-0.15, -0.1) is 0 Å². The molecule has 0 aromatic heterocycles. The van der Waals surface area contributed by atoms with Gasteiger partial charge < -0.3 is 10.1 Å². The second-order valence-electron chi connectivity index (χ2n) is 6.32. The standard InChI is InChI=1S/C23H21F2NO2/c1-2-28-23(27)21(26-19-10-4-3-5-11-19)15-20(22(24)25)18-13-12-16-8-6-7-9-17(16)14-18/h3-14,21,26H,2,15H2,1H3. The van der Waals surface area contributed by atoms with Gasteiger partial charge in [0.25, 0.3) is 6.08 Å². The van der Waals surface area contributed by atoms with E-state index in [1.807, 2.05) is 30.3 Å². The number of halogens is 2. The summed E-state index contributed by atoms with van der Waals surface area (Å²) in [5.41, 5.74) is 0.882. The van der Waals surface area contributed by atoms with Crippen LogP contribution in [0.1, 0.15) is 18.9 Å². The van der Waals surface area contributed by atoms with Crippen LogP contribution in [0.25, 0.3) is 16.3 Å². The average Bonchev–Trinajstić information content (AvgIpc) is 2.71. The van der Waals surface area contributed by atoms with Crippen molar-refractivity contribution in [2.45, 2.75) is 19.4 Å². The van der Waals surface area contributed by atoms with Crippen molar-refractivity contribution in [3.63, 3.8) is 0 Å². The van der Waals surface area contributed by atoms with E-state index < -0.39 is 18.1 Å². The third-order valence-electron chi connectivity index (χ3n) is 4.42. The number of ether oxygens (including phenoxy) is 1. The first-order chi connectivity index (χ1) is 13.6. The molecule has 1 N–H and O–H groups in total. The lowest BCUT2D eigenvalue weighted by Crippen LogP contribution is -2.31. The molecule has 0 fully saturated rings. The lowest BCUT2D eigenvalue weighted by Gasteiger charge is -2.20. The van der Waals surface area contributed by atoms with Crippen molar-refractivity contribution < 1.29 is 18.3 Å². The minimum absolute atomic E-state index is 0.174. The summed E-state index contributed by atoms with van der Waals surface area (Å²) in [6, 6.07) is 20.8. The van der Waals surface area contributed by atoms with Crippen LogP contribution in [-0.4, -0.2) is 18.6 Å². The van der Waals surface area contributed by atoms with Crippen molar-refractivity contribution in [1.82, 2.24) is 0 Å². The minimum Gasteiger partial charge on any atom is -0.464 e. The van der Waals surface area contributed by atoms with Crippen LogP contribution in [0.5, 0.6) is 0 Å². The summed E-state index contributed by atoms with van der Waals surface area (Å²) in [5, 5.41) is 4.84. The molecule has 0 heterocycles. The van der Waals surface area contributed by atoms with Gasteiger partial charge >= 0.3 is 5.97 Å². The zero-order valence-corrected chi connectivity index (χ0v) is 15.5. The second-order valence-corrected chi connectivity index (χ2v) is 6.32. The van der Waals surface area contributed by atoms with Gasteiger partial charge in [0, 0.05) is 17.7 Å². The molecule has 5 heteroatoms. The molecule has 0 spiro atoms. The first-order valence-corrected chi connectivity index (χ1v) is 9.10. The molecule has 0 aliphatic heterocycles. The van der Waals surface area contributed by atoms with Crippen LogP contribution in [0.2, 0.25) is 0 Å². The predicted molar refractivity (Wildman–Crippen MR) is 108 cm³/mol. The molecule has 1 atom stereocenters. The first-order valence-electron chi connectivity index (χ1n) is 9.10. The van der Waals surface area contributed by atoms with Crippen LogP contribution in [0.15, 0.2) is 78.9 Å². The smallest absolute Gasteiger partial charge is 0.328 e. The lowest BCUT2D eigenvalue weighted by molar-refractivity contribution is -0.143. The fourth-order valence-corrected chi connectivity index (χ4v) is 3.06. The van der Waals surface area contributed by atoms with Gasteiger partial charge in [-0.25, -0.2) is 4.79 Å². The highest BCUT2D eigenvalue weighted by molar-refractivity contribution is 5.88. The number of nitrogens with one attached hydrogen (secondary N) is 1. The minimum atomic E-state index is -1.81. The van der Waals surface area contributed by atoms with Gasteiger partial charge in [-0.05, 0) is 41.5 Å². The van der Waals surface area contributed by atoms with Crippen molar-refractivity contribution in [1.29, 1.82) is 0 Å². The van der Waals surface area contributed by atoms with Crippen molar-refractivity contribution in [2.24, 2.45) is 0 Å². The highest BCUT2D eigenvalue weighted by Crippen LogP contribution is 2.29. The van der Waals surface area contributed by atoms with E-state index in [-0.39, 0.29) is 18.6 Å². The van der Waals surface area contributed by atoms with Gasteiger partial charge in [0.15, 0.2) is 0 Å². The molecule has 0 amide bonds. The predicted octanol–water partition coefficient (Wildman–Crippen LogP) is 5.88. The summed E-state index contributed by atoms with van der Waals surface area (Å²) in [6.45, 7) is 1.87. The van der Waals surface area contributed by atoms with E-state index in [1.54, 1.807) is 49.4 Å². The Labute approximate surface area is 162 Å². The first kappa shape index (κ1) is 19.5. The summed E-state index contributed by atoms with van der Waals surface area (Å²) in [6.07, 6.45) is -1.99. The van der Waals surface area contributed by atoms with Crippen molar-refractivity contribution in [3.05, 3.63) is 84.4 Å². The van der Waals surface area contributed by atoms with Crippen molar-refractivity contribution in [3.8, 4) is 0 Å². The monoisotopic (exact) mass is 381 g/mol. The number of carbonyl (C=O) groups excluding carboxylic acids is 1. The van der Waals surface area contributed by atoms with Gasteiger partial charge in [0.1, 0.15) is 6.04 Å². The van der Waals surface area contributed by atoms with E-state index in [1.165, 1.54) is 0 Å². The Morgan fingerprint density at radius 1 is 0.964 bits per heavy atom. The van der Waals surface area contributed by atoms with Gasteiger partial charge in [0.05, 0.1) is 6.61 Å². The zero-order chi connectivity index (χ0) is 19.9. The Morgan fingerprint density at radius 3 is 2.32 bits per heavy atom. The third kappa shape index (κ3) is 4.74. The Kier molecular flexibility index (Phi) is 6.37. The Balaban J connectivity index is 1.92. The summed E-state index contributed by atoms with van der Waals surface area (Å²) >= 11 is 0. The molecule has 0 aliphatic rings. The van der Waals surface area contributed by atoms with E-state index in [9.17, 15) is 13.6 Å². The highest BCUT2D eigenvalue weighted by atomic mass is 19.3. The van der Waals surface area contributed by atoms with Gasteiger partial charge in [-0.3, -0.25) is 0 Å². The number of esters is 1. The molecule has 0 bridgehead atoms. The molecule has 0 saturated carbocycles. The number of para-hydroxylation sites is 1. The summed E-state index contributed by atoms with van der Waals surface area (Å²) in [5.74, 6) is -0.564. The van der Waals surface area contributed by atoms with E-state index in [0.29, 0.717) is 11.3 Å². The fourth-order valence-electron chi connectivity index (χ4n) is 3.06. The zero-order valence-electron chi connectivity index (χ0n) is 15.5. The number of hydrogen-bond donors (Lipinski definition) is 1. The van der Waals surface area contributed by atoms with Crippen LogP contribution in [0.4, 0.5) is 14.5 Å². The van der Waals surface area contributed by atoms with E-state index in [4.69, 9.17) is 4.74 Å². The molecular formula is C23H21F2NO2. The molecule has 1 unspecified atom stereocenters. The largest absolute Gasteiger partial charge is 0.464 e. The van der Waals surface area contributed by atoms with Crippen LogP contribution >= 0.6 is 0 Å². The number of benzene rings is 3. The second kappa shape index (κ2) is 9.13. The molecule has 3 rings (SSSR count). The molecule has 0 saturated heterocycles. The summed E-state index contributed by atoms with van der Waals surface area (Å²) < 4.78 is 32.8. The summed E-state index contributed by atoms with van der Waals surface area (Å²) in [4.78, 5) is 12.4. The van der Waals surface area contributed by atoms with Crippen LogP contribution in [0.3, 0.4) is 0 Å². The number of anilines is 1. The molecule has 144 valence electrons. The molecular weight excluding hydrogens is 360 g/mol. The summed E-state index contributed by atoms with van der Waals surface area (Å²) in [7, 11) is 0. The van der Waals surface area contributed by atoms with Crippen LogP contribution in [0, 0.1) is 0 Å². The molecule has 28 heavy (non-hydrogen) atoms. The van der Waals surface area contributed by atoms with Gasteiger partial charge in [0.2, 0.25) is 0 Å². The maximum Gasteiger partial charge on any atom is 0.328 e. The molecule has 0 aliphatic carbocycles. The van der Waals surface area contributed by atoms with Crippen molar-refractivity contribution in [2.75, 3.05) is 11.9 Å². The quantitative estimate of drug-likeness (QED) is 0.519. The van der Waals surface area contributed by atoms with Crippen molar-refractivity contribution >= 4 is 28.0 Å². The highest BCUT2D eigenvalue weighted by Gasteiger charge is 2.24. The lowest BCUT2D eigenvalue weighted by atomic mass is 9.96. The normalized spacial score (nSPS) is 11.7. The maximum absolute atomic E-state index is 13.8. The van der Waals surface area contributed by atoms with E-state index >= 15 is 0 Å². The Hall–Kier alpha value is -3.21. The third-order valence-corrected chi connectivity index (χ3v) is 4.42. The molecule has 0 radical (unpaired) electrons. The Morgan fingerprint density at radius 2 is 1.64 bits per heavy atom. The van der Waals surface area contributed by atoms with E-state index in [0.717, 1.165) is 10.8 Å². The molecule has 3 aromatic carbocycles. The number of carbonyl (C=O) groups is 1. The SMILES string of the molecule is CCOC(=O)C(CC(=C(F)F)c1ccc2ccccc2c1)Nc1ccccc1. The van der Waals surface area contributed by atoms with Crippen LogP contribution < -0.4 is 5.32 Å².